The van der Waals surface area contributed by atoms with E-state index in [9.17, 15) is 4.79 Å². The molecule has 0 unspecified atom stereocenters. The molecule has 0 fully saturated rings. The molecule has 3 rings (SSSR count). The van der Waals surface area contributed by atoms with Crippen molar-refractivity contribution in [2.45, 2.75) is 47.1 Å². The Kier molecular flexibility index (Phi) is 5.58. The minimum atomic E-state index is -0.548. The van der Waals surface area contributed by atoms with Gasteiger partial charge in [-0.25, -0.2) is 4.68 Å². The molecule has 0 N–H and O–H groups in total. The zero-order chi connectivity index (χ0) is 20.3. The van der Waals surface area contributed by atoms with Crippen LogP contribution >= 0.6 is 0 Å². The molecule has 0 amide bonds. The fourth-order valence-electron chi connectivity index (χ4n) is 2.63. The van der Waals surface area contributed by atoms with E-state index in [1.165, 1.54) is 5.56 Å². The Bertz CT molecular complexity index is 936. The molecule has 28 heavy (non-hydrogen) atoms. The average Bonchev–Trinajstić information content (AvgIpc) is 3.10. The summed E-state index contributed by atoms with van der Waals surface area (Å²) in [5.41, 5.74) is 2.75. The van der Waals surface area contributed by atoms with Crippen molar-refractivity contribution in [3.63, 3.8) is 0 Å². The van der Waals surface area contributed by atoms with Gasteiger partial charge in [0.15, 0.2) is 5.82 Å². The standard InChI is InChI=1S/C22H26N4O2/c1-15(2)17-8-6-16(7-9-17)14-26-20(23-24-25-26)18-10-12-19(13-11-18)28-21(27)22(3,4)5/h6-13,15H,14H2,1-5H3. The lowest BCUT2D eigenvalue weighted by atomic mass is 9.97. The number of hydrogen-bond donors (Lipinski definition) is 0. The minimum Gasteiger partial charge on any atom is -0.426 e. The highest BCUT2D eigenvalue weighted by molar-refractivity contribution is 5.78. The number of tetrazole rings is 1. The van der Waals surface area contributed by atoms with Crippen LogP contribution < -0.4 is 4.74 Å². The van der Waals surface area contributed by atoms with Crippen LogP contribution in [0.2, 0.25) is 0 Å². The van der Waals surface area contributed by atoms with Crippen LogP contribution in [-0.4, -0.2) is 26.2 Å². The van der Waals surface area contributed by atoms with Crippen LogP contribution in [0.1, 0.15) is 51.7 Å². The Morgan fingerprint density at radius 1 is 1.04 bits per heavy atom. The lowest BCUT2D eigenvalue weighted by Gasteiger charge is -2.16. The van der Waals surface area contributed by atoms with Crippen LogP contribution in [-0.2, 0) is 11.3 Å². The number of nitrogens with zero attached hydrogens (tertiary/aromatic N) is 4. The Labute approximate surface area is 165 Å². The lowest BCUT2D eigenvalue weighted by molar-refractivity contribution is -0.142. The molecule has 0 radical (unpaired) electrons. The van der Waals surface area contributed by atoms with Crippen molar-refractivity contribution in [1.29, 1.82) is 0 Å². The molecular formula is C22H26N4O2. The smallest absolute Gasteiger partial charge is 0.316 e. The second-order valence-electron chi connectivity index (χ2n) is 8.22. The molecule has 0 aliphatic heterocycles. The molecule has 0 aliphatic rings. The van der Waals surface area contributed by atoms with Crippen molar-refractivity contribution >= 4 is 5.97 Å². The number of esters is 1. The van der Waals surface area contributed by atoms with Gasteiger partial charge < -0.3 is 4.74 Å². The van der Waals surface area contributed by atoms with Gasteiger partial charge in [0.1, 0.15) is 5.75 Å². The van der Waals surface area contributed by atoms with E-state index in [1.807, 2.05) is 32.9 Å². The molecule has 1 heterocycles. The lowest BCUT2D eigenvalue weighted by Crippen LogP contribution is -2.25. The summed E-state index contributed by atoms with van der Waals surface area (Å²) in [7, 11) is 0. The number of rotatable bonds is 5. The normalized spacial score (nSPS) is 11.6. The van der Waals surface area contributed by atoms with Crippen LogP contribution in [0, 0.1) is 5.41 Å². The van der Waals surface area contributed by atoms with Crippen molar-refractivity contribution in [3.05, 3.63) is 59.7 Å². The van der Waals surface area contributed by atoms with Gasteiger partial charge in [0.2, 0.25) is 0 Å². The molecule has 0 atom stereocenters. The van der Waals surface area contributed by atoms with E-state index < -0.39 is 5.41 Å². The minimum absolute atomic E-state index is 0.269. The largest absolute Gasteiger partial charge is 0.426 e. The number of hydrogen-bond acceptors (Lipinski definition) is 5. The maximum atomic E-state index is 12.0. The first-order valence-corrected chi connectivity index (χ1v) is 9.42. The van der Waals surface area contributed by atoms with E-state index in [-0.39, 0.29) is 5.97 Å². The third-order valence-electron chi connectivity index (χ3n) is 4.45. The molecule has 0 aliphatic carbocycles. The van der Waals surface area contributed by atoms with E-state index in [0.29, 0.717) is 24.0 Å². The Morgan fingerprint density at radius 2 is 1.68 bits per heavy atom. The van der Waals surface area contributed by atoms with Gasteiger partial charge in [0, 0.05) is 5.56 Å². The molecule has 146 valence electrons. The summed E-state index contributed by atoms with van der Waals surface area (Å²) >= 11 is 0. The van der Waals surface area contributed by atoms with Crippen molar-refractivity contribution in [3.8, 4) is 17.1 Å². The number of ether oxygens (including phenoxy) is 1. The van der Waals surface area contributed by atoms with Crippen molar-refractivity contribution in [1.82, 2.24) is 20.2 Å². The van der Waals surface area contributed by atoms with Crippen molar-refractivity contribution in [2.24, 2.45) is 5.41 Å². The highest BCUT2D eigenvalue weighted by atomic mass is 16.5. The average molecular weight is 378 g/mol. The molecule has 0 bridgehead atoms. The molecule has 0 saturated carbocycles. The molecule has 0 spiro atoms. The highest BCUT2D eigenvalue weighted by Crippen LogP contribution is 2.23. The summed E-state index contributed by atoms with van der Waals surface area (Å²) in [5.74, 6) is 1.41. The summed E-state index contributed by atoms with van der Waals surface area (Å²) in [5, 5.41) is 12.1. The van der Waals surface area contributed by atoms with Crippen LogP contribution in [0.25, 0.3) is 11.4 Å². The summed E-state index contributed by atoms with van der Waals surface area (Å²) < 4.78 is 7.17. The zero-order valence-corrected chi connectivity index (χ0v) is 17.0. The van der Waals surface area contributed by atoms with Crippen LogP contribution in [0.5, 0.6) is 5.75 Å². The summed E-state index contributed by atoms with van der Waals surface area (Å²) in [6.07, 6.45) is 0. The maximum Gasteiger partial charge on any atom is 0.316 e. The van der Waals surface area contributed by atoms with Gasteiger partial charge in [-0.05, 0) is 72.5 Å². The summed E-state index contributed by atoms with van der Waals surface area (Å²) in [6.45, 7) is 10.4. The molecular weight excluding hydrogens is 352 g/mol. The Hall–Kier alpha value is -3.02. The predicted molar refractivity (Wildman–Crippen MR) is 108 cm³/mol. The first-order valence-electron chi connectivity index (χ1n) is 9.42. The molecule has 2 aromatic carbocycles. The third kappa shape index (κ3) is 4.63. The zero-order valence-electron chi connectivity index (χ0n) is 17.0. The fraction of sp³-hybridized carbons (Fsp3) is 0.364. The van der Waals surface area contributed by atoms with E-state index in [4.69, 9.17) is 4.74 Å². The molecule has 6 heteroatoms. The predicted octanol–water partition coefficient (Wildman–Crippen LogP) is 4.46. The van der Waals surface area contributed by atoms with Crippen molar-refractivity contribution in [2.75, 3.05) is 0 Å². The number of carbonyl (C=O) groups excluding carboxylic acids is 1. The van der Waals surface area contributed by atoms with Gasteiger partial charge in [-0.2, -0.15) is 0 Å². The van der Waals surface area contributed by atoms with E-state index in [2.05, 4.69) is 53.6 Å². The third-order valence-corrected chi connectivity index (χ3v) is 4.45. The van der Waals surface area contributed by atoms with Gasteiger partial charge in [-0.1, -0.05) is 38.1 Å². The molecule has 3 aromatic rings. The Morgan fingerprint density at radius 3 is 2.25 bits per heavy atom. The Balaban J connectivity index is 1.75. The van der Waals surface area contributed by atoms with Crippen LogP contribution in [0.4, 0.5) is 0 Å². The topological polar surface area (TPSA) is 69.9 Å². The van der Waals surface area contributed by atoms with E-state index in [0.717, 1.165) is 11.1 Å². The highest BCUT2D eigenvalue weighted by Gasteiger charge is 2.23. The first-order chi connectivity index (χ1) is 13.2. The monoisotopic (exact) mass is 378 g/mol. The number of aromatic nitrogens is 4. The SMILES string of the molecule is CC(C)c1ccc(Cn2nnnc2-c2ccc(OC(=O)C(C)(C)C)cc2)cc1. The second-order valence-corrected chi connectivity index (χ2v) is 8.22. The summed E-state index contributed by atoms with van der Waals surface area (Å²) in [4.78, 5) is 12.0. The maximum absolute atomic E-state index is 12.0. The van der Waals surface area contributed by atoms with Gasteiger partial charge in [0.25, 0.3) is 0 Å². The molecule has 0 saturated heterocycles. The second kappa shape index (κ2) is 7.92. The summed E-state index contributed by atoms with van der Waals surface area (Å²) in [6, 6.07) is 15.7. The number of carbonyl (C=O) groups is 1. The van der Waals surface area contributed by atoms with Gasteiger partial charge in [-0.15, -0.1) is 5.10 Å². The van der Waals surface area contributed by atoms with Crippen LogP contribution in [0.3, 0.4) is 0 Å². The molecule has 1 aromatic heterocycles. The van der Waals surface area contributed by atoms with Gasteiger partial charge >= 0.3 is 5.97 Å². The van der Waals surface area contributed by atoms with E-state index >= 15 is 0 Å². The van der Waals surface area contributed by atoms with Crippen molar-refractivity contribution < 1.29 is 9.53 Å². The van der Waals surface area contributed by atoms with E-state index in [1.54, 1.807) is 16.8 Å². The molecule has 6 nitrogen and oxygen atoms in total. The van der Waals surface area contributed by atoms with Gasteiger partial charge in [-0.3, -0.25) is 4.79 Å². The van der Waals surface area contributed by atoms with Gasteiger partial charge in [0.05, 0.1) is 12.0 Å². The quantitative estimate of drug-likeness (QED) is 0.484. The first kappa shape index (κ1) is 19.7. The van der Waals surface area contributed by atoms with Crippen LogP contribution in [0.15, 0.2) is 48.5 Å². The number of benzene rings is 2. The fourth-order valence-corrected chi connectivity index (χ4v) is 2.63.